The van der Waals surface area contributed by atoms with Crippen LogP contribution in [0.3, 0.4) is 0 Å². The van der Waals surface area contributed by atoms with Crippen molar-refractivity contribution in [3.63, 3.8) is 0 Å². The van der Waals surface area contributed by atoms with Gasteiger partial charge in [0, 0.05) is 25.5 Å². The van der Waals surface area contributed by atoms with Crippen LogP contribution < -0.4 is 0 Å². The first kappa shape index (κ1) is 19.4. The highest BCUT2D eigenvalue weighted by Gasteiger charge is 2.40. The third kappa shape index (κ3) is 4.57. The summed E-state index contributed by atoms with van der Waals surface area (Å²) < 4.78 is 1.81. The van der Waals surface area contributed by atoms with Crippen LogP contribution in [0.25, 0.3) is 0 Å². The second-order valence-corrected chi connectivity index (χ2v) is 7.80. The van der Waals surface area contributed by atoms with Crippen LogP contribution in [-0.2, 0) is 29.9 Å². The molecule has 1 amide bonds. The van der Waals surface area contributed by atoms with E-state index in [0.29, 0.717) is 31.8 Å². The second-order valence-electron chi connectivity index (χ2n) is 7.80. The maximum absolute atomic E-state index is 13.2. The smallest absolute Gasteiger partial charge is 0.242 e. The lowest BCUT2D eigenvalue weighted by Crippen LogP contribution is -2.39. The second kappa shape index (κ2) is 8.62. The maximum Gasteiger partial charge on any atom is 0.242 e. The monoisotopic (exact) mass is 389 g/mol. The van der Waals surface area contributed by atoms with Gasteiger partial charge in [-0.1, -0.05) is 60.7 Å². The molecule has 29 heavy (non-hydrogen) atoms. The van der Waals surface area contributed by atoms with Crippen LogP contribution in [0.5, 0.6) is 0 Å². The zero-order valence-corrected chi connectivity index (χ0v) is 16.6. The van der Waals surface area contributed by atoms with Gasteiger partial charge in [-0.3, -0.25) is 4.79 Å². The largest absolute Gasteiger partial charge is 0.382 e. The number of hydrogen-bond donors (Lipinski definition) is 1. The third-order valence-corrected chi connectivity index (χ3v) is 5.70. The summed E-state index contributed by atoms with van der Waals surface area (Å²) >= 11 is 0. The highest BCUT2D eigenvalue weighted by atomic mass is 16.3. The van der Waals surface area contributed by atoms with Gasteiger partial charge >= 0.3 is 0 Å². The molecule has 1 heterocycles. The van der Waals surface area contributed by atoms with Crippen LogP contribution >= 0.6 is 0 Å². The summed E-state index contributed by atoms with van der Waals surface area (Å²) in [5, 5.41) is 10.7. The first-order valence-electron chi connectivity index (χ1n) is 10.2. The molecule has 5 nitrogen and oxygen atoms in total. The first-order valence-corrected chi connectivity index (χ1v) is 10.2. The van der Waals surface area contributed by atoms with E-state index < -0.39 is 5.60 Å². The fourth-order valence-electron chi connectivity index (χ4n) is 3.83. The number of aromatic nitrogens is 2. The summed E-state index contributed by atoms with van der Waals surface area (Å²) in [7, 11) is 0. The van der Waals surface area contributed by atoms with Crippen molar-refractivity contribution in [2.75, 3.05) is 6.54 Å². The molecule has 0 unspecified atom stereocenters. The maximum atomic E-state index is 13.2. The normalized spacial score (nSPS) is 14.9. The minimum absolute atomic E-state index is 0.0342. The molecule has 3 aromatic rings. The Bertz CT molecular complexity index is 933. The van der Waals surface area contributed by atoms with Gasteiger partial charge in [0.05, 0.1) is 0 Å². The SMILES string of the molecule is O=C(Cn1ccnc1C1(O)CCC1)N(CCc1ccccc1)Cc1ccccc1. The average molecular weight is 389 g/mol. The van der Waals surface area contributed by atoms with E-state index in [1.54, 1.807) is 12.4 Å². The lowest BCUT2D eigenvalue weighted by Gasteiger charge is -2.36. The zero-order chi connectivity index (χ0) is 20.1. The summed E-state index contributed by atoms with van der Waals surface area (Å²) in [6.45, 7) is 1.41. The lowest BCUT2D eigenvalue weighted by molar-refractivity contribution is -0.132. The summed E-state index contributed by atoms with van der Waals surface area (Å²) in [5.41, 5.74) is 1.45. The number of hydrogen-bond acceptors (Lipinski definition) is 3. The molecule has 0 spiro atoms. The molecule has 2 aromatic carbocycles. The van der Waals surface area contributed by atoms with Gasteiger partial charge in [0.15, 0.2) is 0 Å². The summed E-state index contributed by atoms with van der Waals surface area (Å²) in [6.07, 6.45) is 6.68. The fourth-order valence-corrected chi connectivity index (χ4v) is 3.83. The summed E-state index contributed by atoms with van der Waals surface area (Å²) in [6, 6.07) is 20.3. The summed E-state index contributed by atoms with van der Waals surface area (Å²) in [4.78, 5) is 19.5. The Balaban J connectivity index is 1.49. The van der Waals surface area contributed by atoms with Gasteiger partial charge in [-0.25, -0.2) is 4.98 Å². The third-order valence-electron chi connectivity index (χ3n) is 5.70. The van der Waals surface area contributed by atoms with Crippen LogP contribution in [0, 0.1) is 0 Å². The van der Waals surface area contributed by atoms with E-state index in [9.17, 15) is 9.90 Å². The zero-order valence-electron chi connectivity index (χ0n) is 16.6. The first-order chi connectivity index (χ1) is 14.1. The molecule has 1 saturated carbocycles. The van der Waals surface area contributed by atoms with Gasteiger partial charge in [-0.15, -0.1) is 0 Å². The van der Waals surface area contributed by atoms with E-state index in [2.05, 4.69) is 17.1 Å². The number of carbonyl (C=O) groups excluding carboxylic acids is 1. The Morgan fingerprint density at radius 2 is 1.69 bits per heavy atom. The molecule has 0 aliphatic heterocycles. The Kier molecular flexibility index (Phi) is 5.76. The molecule has 1 aliphatic rings. The molecule has 0 saturated heterocycles. The molecular formula is C24H27N3O2. The van der Waals surface area contributed by atoms with Gasteiger partial charge in [0.1, 0.15) is 18.0 Å². The average Bonchev–Trinajstić information content (AvgIpc) is 3.19. The Hall–Kier alpha value is -2.92. The molecule has 0 bridgehead atoms. The number of amides is 1. The minimum Gasteiger partial charge on any atom is -0.382 e. The quantitative estimate of drug-likeness (QED) is 0.641. The van der Waals surface area contributed by atoms with E-state index in [-0.39, 0.29) is 12.5 Å². The molecule has 0 atom stereocenters. The van der Waals surface area contributed by atoms with E-state index in [1.807, 2.05) is 58.0 Å². The van der Waals surface area contributed by atoms with E-state index in [1.165, 1.54) is 5.56 Å². The minimum atomic E-state index is -0.877. The van der Waals surface area contributed by atoms with Gasteiger partial charge < -0.3 is 14.6 Å². The lowest BCUT2D eigenvalue weighted by atomic mass is 9.79. The number of aliphatic hydroxyl groups is 1. The van der Waals surface area contributed by atoms with Gasteiger partial charge in [0.25, 0.3) is 0 Å². The highest BCUT2D eigenvalue weighted by molar-refractivity contribution is 5.76. The van der Waals surface area contributed by atoms with Crippen molar-refractivity contribution < 1.29 is 9.90 Å². The van der Waals surface area contributed by atoms with Crippen molar-refractivity contribution in [3.8, 4) is 0 Å². The molecule has 1 fully saturated rings. The standard InChI is InChI=1S/C24H27N3O2/c28-22(19-27-17-15-25-23(27)24(29)13-7-14-24)26(18-21-10-5-2-6-11-21)16-12-20-8-3-1-4-9-20/h1-6,8-11,15,17,29H,7,12-14,16,18-19H2. The summed E-state index contributed by atoms with van der Waals surface area (Å²) in [5.74, 6) is 0.645. The predicted molar refractivity (Wildman–Crippen MR) is 112 cm³/mol. The van der Waals surface area contributed by atoms with Crippen molar-refractivity contribution in [2.24, 2.45) is 0 Å². The number of carbonyl (C=O) groups is 1. The van der Waals surface area contributed by atoms with Gasteiger partial charge in [-0.2, -0.15) is 0 Å². The predicted octanol–water partition coefficient (Wildman–Crippen LogP) is 3.53. The van der Waals surface area contributed by atoms with E-state index >= 15 is 0 Å². The topological polar surface area (TPSA) is 58.4 Å². The molecule has 4 rings (SSSR count). The van der Waals surface area contributed by atoms with Crippen LogP contribution in [-0.4, -0.2) is 32.0 Å². The molecule has 1 aliphatic carbocycles. The number of nitrogens with zero attached hydrogens (tertiary/aromatic N) is 3. The van der Waals surface area contributed by atoms with Crippen molar-refractivity contribution in [1.82, 2.24) is 14.5 Å². The number of rotatable bonds is 8. The van der Waals surface area contributed by atoms with E-state index in [0.717, 1.165) is 18.4 Å². The van der Waals surface area contributed by atoms with Crippen LogP contribution in [0.4, 0.5) is 0 Å². The van der Waals surface area contributed by atoms with Crippen LogP contribution in [0.1, 0.15) is 36.2 Å². The van der Waals surface area contributed by atoms with Crippen molar-refractivity contribution in [1.29, 1.82) is 0 Å². The van der Waals surface area contributed by atoms with Gasteiger partial charge in [-0.05, 0) is 36.8 Å². The van der Waals surface area contributed by atoms with Gasteiger partial charge in [0.2, 0.25) is 5.91 Å². The Labute approximate surface area is 171 Å². The Morgan fingerprint density at radius 3 is 2.31 bits per heavy atom. The van der Waals surface area contributed by atoms with E-state index in [4.69, 9.17) is 0 Å². The molecule has 0 radical (unpaired) electrons. The van der Waals surface area contributed by atoms with Crippen molar-refractivity contribution in [2.45, 2.75) is 44.4 Å². The van der Waals surface area contributed by atoms with Crippen LogP contribution in [0.15, 0.2) is 73.1 Å². The Morgan fingerprint density at radius 1 is 1.03 bits per heavy atom. The molecule has 1 aromatic heterocycles. The van der Waals surface area contributed by atoms with Crippen molar-refractivity contribution in [3.05, 3.63) is 90.0 Å². The molecule has 5 heteroatoms. The molecule has 150 valence electrons. The highest BCUT2D eigenvalue weighted by Crippen LogP contribution is 2.40. The number of imidazole rings is 1. The fraction of sp³-hybridized carbons (Fsp3) is 0.333. The van der Waals surface area contributed by atoms with Crippen molar-refractivity contribution >= 4 is 5.91 Å². The van der Waals surface area contributed by atoms with Crippen LogP contribution in [0.2, 0.25) is 0 Å². The molecular weight excluding hydrogens is 362 g/mol. The number of benzene rings is 2. The molecule has 1 N–H and O–H groups in total.